The lowest BCUT2D eigenvalue weighted by molar-refractivity contribution is -0.117. The first-order valence-corrected chi connectivity index (χ1v) is 12.9. The Kier molecular flexibility index (Phi) is 8.58. The van der Waals surface area contributed by atoms with E-state index in [-0.39, 0.29) is 5.91 Å². The van der Waals surface area contributed by atoms with Crippen molar-refractivity contribution in [2.45, 2.75) is 38.5 Å². The van der Waals surface area contributed by atoms with Gasteiger partial charge in [-0.05, 0) is 50.4 Å². The largest absolute Gasteiger partial charge is 0.497 e. The summed E-state index contributed by atoms with van der Waals surface area (Å²) < 4.78 is 10.8. The highest BCUT2D eigenvalue weighted by Crippen LogP contribution is 2.34. The van der Waals surface area contributed by atoms with Crippen LogP contribution in [0.5, 0.6) is 11.5 Å². The molecule has 1 saturated heterocycles. The molecule has 1 aromatic heterocycles. The van der Waals surface area contributed by atoms with Crippen molar-refractivity contribution in [2.75, 3.05) is 58.8 Å². The van der Waals surface area contributed by atoms with E-state index >= 15 is 0 Å². The van der Waals surface area contributed by atoms with E-state index in [1.54, 1.807) is 14.2 Å². The summed E-state index contributed by atoms with van der Waals surface area (Å²) in [5.41, 5.74) is 1.66. The molecule has 2 fully saturated rings. The van der Waals surface area contributed by atoms with Crippen LogP contribution in [-0.4, -0.2) is 74.2 Å². The van der Waals surface area contributed by atoms with E-state index in [9.17, 15) is 4.79 Å². The lowest BCUT2D eigenvalue weighted by Crippen LogP contribution is -2.37. The first-order valence-electron chi connectivity index (χ1n) is 12.1. The third-order valence-electron chi connectivity index (χ3n) is 6.72. The third-order valence-corrected chi connectivity index (χ3v) is 7.48. The Bertz CT molecular complexity index is 913. The predicted octanol–water partition coefficient (Wildman–Crippen LogP) is 4.35. The lowest BCUT2D eigenvalue weighted by Gasteiger charge is -2.28. The average Bonchev–Trinajstić information content (AvgIpc) is 3.19. The van der Waals surface area contributed by atoms with Gasteiger partial charge in [0.15, 0.2) is 5.13 Å². The monoisotopic (exact) mass is 472 g/mol. The number of amides is 1. The molecule has 1 N–H and O–H groups in total. The van der Waals surface area contributed by atoms with Crippen LogP contribution < -0.4 is 14.8 Å². The van der Waals surface area contributed by atoms with E-state index in [1.807, 2.05) is 23.6 Å². The number of rotatable bonds is 8. The molecule has 180 valence electrons. The van der Waals surface area contributed by atoms with Gasteiger partial charge in [0.1, 0.15) is 11.5 Å². The summed E-state index contributed by atoms with van der Waals surface area (Å²) >= 11 is 1.43. The molecule has 0 bridgehead atoms. The van der Waals surface area contributed by atoms with Crippen molar-refractivity contribution in [1.82, 2.24) is 14.8 Å². The van der Waals surface area contributed by atoms with Crippen LogP contribution in [0.4, 0.5) is 5.13 Å². The zero-order valence-electron chi connectivity index (χ0n) is 19.8. The van der Waals surface area contributed by atoms with Crippen LogP contribution in [0, 0.1) is 5.92 Å². The number of aromatic nitrogens is 1. The van der Waals surface area contributed by atoms with Crippen molar-refractivity contribution >= 4 is 22.4 Å². The van der Waals surface area contributed by atoms with Gasteiger partial charge in [0.05, 0.1) is 26.5 Å². The molecule has 0 atom stereocenters. The number of benzene rings is 1. The van der Waals surface area contributed by atoms with Gasteiger partial charge in [0.2, 0.25) is 5.91 Å². The van der Waals surface area contributed by atoms with Gasteiger partial charge in [-0.3, -0.25) is 9.69 Å². The molecule has 2 aromatic rings. The molecular weight excluding hydrogens is 436 g/mol. The van der Waals surface area contributed by atoms with Gasteiger partial charge in [0.25, 0.3) is 0 Å². The molecular formula is C25H36N4O3S. The summed E-state index contributed by atoms with van der Waals surface area (Å²) in [5.74, 6) is 2.30. The number of nitrogens with zero attached hydrogens (tertiary/aromatic N) is 3. The summed E-state index contributed by atoms with van der Waals surface area (Å²) in [6.45, 7) is 5.78. The molecule has 4 rings (SSSR count). The molecule has 33 heavy (non-hydrogen) atoms. The van der Waals surface area contributed by atoms with Crippen molar-refractivity contribution in [3.63, 3.8) is 0 Å². The highest BCUT2D eigenvalue weighted by molar-refractivity contribution is 7.14. The normalized spacial score (nSPS) is 18.6. The second kappa shape index (κ2) is 11.8. The van der Waals surface area contributed by atoms with Crippen LogP contribution in [0.15, 0.2) is 23.6 Å². The second-order valence-corrected chi connectivity index (χ2v) is 9.94. The van der Waals surface area contributed by atoms with E-state index in [1.165, 1.54) is 50.0 Å². The molecule has 0 unspecified atom stereocenters. The molecule has 1 amide bonds. The van der Waals surface area contributed by atoms with E-state index in [0.717, 1.165) is 55.5 Å². The minimum absolute atomic E-state index is 0.00155. The number of methoxy groups -OCH3 is 2. The quantitative estimate of drug-likeness (QED) is 0.616. The summed E-state index contributed by atoms with van der Waals surface area (Å²) in [6.07, 6.45) is 8.11. The van der Waals surface area contributed by atoms with Crippen molar-refractivity contribution in [3.8, 4) is 22.8 Å². The Morgan fingerprint density at radius 2 is 1.85 bits per heavy atom. The van der Waals surface area contributed by atoms with E-state index in [0.29, 0.717) is 17.4 Å². The van der Waals surface area contributed by atoms with E-state index in [4.69, 9.17) is 9.47 Å². The van der Waals surface area contributed by atoms with Crippen molar-refractivity contribution < 1.29 is 14.3 Å². The zero-order chi connectivity index (χ0) is 23.0. The SMILES string of the molecule is COc1ccc(-c2csc(NC(=O)CN3CCCN(CC4CCCCC4)CC3)n2)c(OC)c1. The maximum atomic E-state index is 12.7. The number of hydrogen-bond acceptors (Lipinski definition) is 7. The van der Waals surface area contributed by atoms with Crippen LogP contribution in [-0.2, 0) is 4.79 Å². The number of hydrogen-bond donors (Lipinski definition) is 1. The lowest BCUT2D eigenvalue weighted by atomic mass is 9.89. The molecule has 2 aliphatic rings. The topological polar surface area (TPSA) is 66.9 Å². The van der Waals surface area contributed by atoms with Crippen LogP contribution in [0.1, 0.15) is 38.5 Å². The van der Waals surface area contributed by atoms with Crippen molar-refractivity contribution in [2.24, 2.45) is 5.92 Å². The van der Waals surface area contributed by atoms with Crippen LogP contribution in [0.25, 0.3) is 11.3 Å². The fourth-order valence-electron chi connectivity index (χ4n) is 4.93. The van der Waals surface area contributed by atoms with Crippen molar-refractivity contribution in [3.05, 3.63) is 23.6 Å². The van der Waals surface area contributed by atoms with Gasteiger partial charge in [-0.25, -0.2) is 4.98 Å². The maximum Gasteiger partial charge on any atom is 0.240 e. The number of carbonyl (C=O) groups is 1. The molecule has 1 aliphatic carbocycles. The van der Waals surface area contributed by atoms with Crippen LogP contribution in [0.3, 0.4) is 0 Å². The fourth-order valence-corrected chi connectivity index (χ4v) is 5.65. The second-order valence-electron chi connectivity index (χ2n) is 9.09. The summed E-state index contributed by atoms with van der Waals surface area (Å²) in [7, 11) is 3.26. The first-order chi connectivity index (χ1) is 16.1. The number of anilines is 1. The van der Waals surface area contributed by atoms with Gasteiger partial charge < -0.3 is 19.7 Å². The Morgan fingerprint density at radius 1 is 1.06 bits per heavy atom. The van der Waals surface area contributed by atoms with Gasteiger partial charge in [-0.15, -0.1) is 11.3 Å². The van der Waals surface area contributed by atoms with E-state index < -0.39 is 0 Å². The minimum atomic E-state index is -0.00155. The summed E-state index contributed by atoms with van der Waals surface area (Å²) in [4.78, 5) is 22.2. The fraction of sp³-hybridized carbons (Fsp3) is 0.600. The molecule has 7 nitrogen and oxygen atoms in total. The number of thiazole rings is 1. The predicted molar refractivity (Wildman–Crippen MR) is 133 cm³/mol. The number of ether oxygens (including phenoxy) is 2. The molecule has 1 saturated carbocycles. The Labute approximate surface area is 201 Å². The first kappa shape index (κ1) is 24.0. The standard InChI is InChI=1S/C25H36N4O3S/c1-31-20-9-10-21(23(15-20)32-2)22-18-33-25(26-22)27-24(30)17-29-12-6-11-28(13-14-29)16-19-7-4-3-5-8-19/h9-10,15,18-19H,3-8,11-14,16-17H2,1-2H3,(H,26,27,30). The van der Waals surface area contributed by atoms with Crippen LogP contribution >= 0.6 is 11.3 Å². The summed E-state index contributed by atoms with van der Waals surface area (Å²) in [6, 6.07) is 5.64. The smallest absolute Gasteiger partial charge is 0.240 e. The Balaban J connectivity index is 1.27. The molecule has 8 heteroatoms. The maximum absolute atomic E-state index is 12.7. The Hall–Kier alpha value is -2.16. The molecule has 2 heterocycles. The van der Waals surface area contributed by atoms with Crippen molar-refractivity contribution in [1.29, 1.82) is 0 Å². The third kappa shape index (κ3) is 6.68. The van der Waals surface area contributed by atoms with Gasteiger partial charge in [-0.1, -0.05) is 19.3 Å². The minimum Gasteiger partial charge on any atom is -0.497 e. The van der Waals surface area contributed by atoms with E-state index in [2.05, 4.69) is 20.1 Å². The zero-order valence-corrected chi connectivity index (χ0v) is 20.7. The number of carbonyl (C=O) groups excluding carboxylic acids is 1. The molecule has 1 aliphatic heterocycles. The number of nitrogens with one attached hydrogen (secondary N) is 1. The molecule has 0 spiro atoms. The summed E-state index contributed by atoms with van der Waals surface area (Å²) in [5, 5.41) is 5.54. The van der Waals surface area contributed by atoms with Gasteiger partial charge in [-0.2, -0.15) is 0 Å². The van der Waals surface area contributed by atoms with Crippen LogP contribution in [0.2, 0.25) is 0 Å². The molecule has 0 radical (unpaired) electrons. The average molecular weight is 473 g/mol. The van der Waals surface area contributed by atoms with Gasteiger partial charge >= 0.3 is 0 Å². The highest BCUT2D eigenvalue weighted by atomic mass is 32.1. The highest BCUT2D eigenvalue weighted by Gasteiger charge is 2.21. The molecule has 1 aromatic carbocycles. The van der Waals surface area contributed by atoms with Gasteiger partial charge in [0, 0.05) is 36.6 Å². The Morgan fingerprint density at radius 3 is 2.64 bits per heavy atom.